The minimum atomic E-state index is 0.646. The highest BCUT2D eigenvalue weighted by Gasteiger charge is 2.11. The molecule has 0 aliphatic rings. The highest BCUT2D eigenvalue weighted by Crippen LogP contribution is 2.32. The number of rotatable bonds is 2. The Morgan fingerprint density at radius 3 is 2.79 bits per heavy atom. The van der Waals surface area contributed by atoms with Gasteiger partial charge >= 0.3 is 0 Å². The lowest BCUT2D eigenvalue weighted by Crippen LogP contribution is -1.89. The largest absolute Gasteiger partial charge is 0.496 e. The van der Waals surface area contributed by atoms with E-state index in [1.54, 1.807) is 13.2 Å². The first-order chi connectivity index (χ1) is 9.19. The van der Waals surface area contributed by atoms with Crippen LogP contribution in [0.5, 0.6) is 5.75 Å². The zero-order valence-corrected chi connectivity index (χ0v) is 11.5. The molecule has 96 valence electrons. The summed E-state index contributed by atoms with van der Waals surface area (Å²) in [6.45, 7) is 2.05. The van der Waals surface area contributed by atoms with E-state index in [1.165, 1.54) is 0 Å². The summed E-state index contributed by atoms with van der Waals surface area (Å²) in [6.07, 6.45) is 0. The van der Waals surface area contributed by atoms with Gasteiger partial charge in [-0.25, -0.2) is 4.98 Å². The molecular formula is C15H13ClN2O. The van der Waals surface area contributed by atoms with Crippen molar-refractivity contribution >= 4 is 22.6 Å². The summed E-state index contributed by atoms with van der Waals surface area (Å²) in [4.78, 5) is 7.95. The molecule has 4 heteroatoms. The molecule has 0 atom stereocenters. The number of aromatic nitrogens is 2. The first kappa shape index (κ1) is 12.1. The first-order valence-corrected chi connectivity index (χ1v) is 6.36. The number of hydrogen-bond acceptors (Lipinski definition) is 2. The standard InChI is InChI=1S/C15H13ClN2O/c1-9-4-3-5-12-14(9)18-15(17-12)11-7-6-10(16)8-13(11)19-2/h3-8H,1-2H3,(H,17,18). The zero-order chi connectivity index (χ0) is 13.4. The molecule has 0 aliphatic heterocycles. The predicted octanol–water partition coefficient (Wildman–Crippen LogP) is 4.20. The average molecular weight is 273 g/mol. The lowest BCUT2D eigenvalue weighted by Gasteiger charge is -2.06. The maximum Gasteiger partial charge on any atom is 0.142 e. The fourth-order valence-electron chi connectivity index (χ4n) is 2.16. The van der Waals surface area contributed by atoms with Crippen LogP contribution in [0.2, 0.25) is 5.02 Å². The average Bonchev–Trinajstić information content (AvgIpc) is 2.83. The molecule has 0 spiro atoms. The van der Waals surface area contributed by atoms with Crippen LogP contribution >= 0.6 is 11.6 Å². The second-order valence-corrected chi connectivity index (χ2v) is 4.84. The lowest BCUT2D eigenvalue weighted by atomic mass is 10.2. The quantitative estimate of drug-likeness (QED) is 0.759. The van der Waals surface area contributed by atoms with E-state index in [1.807, 2.05) is 37.3 Å². The van der Waals surface area contributed by atoms with Gasteiger partial charge in [0.25, 0.3) is 0 Å². The minimum Gasteiger partial charge on any atom is -0.496 e. The second kappa shape index (κ2) is 4.59. The number of fused-ring (bicyclic) bond motifs is 1. The maximum absolute atomic E-state index is 5.98. The summed E-state index contributed by atoms with van der Waals surface area (Å²) in [6, 6.07) is 11.6. The normalized spacial score (nSPS) is 10.9. The molecule has 3 nitrogen and oxygen atoms in total. The van der Waals surface area contributed by atoms with Gasteiger partial charge in [-0.2, -0.15) is 0 Å². The van der Waals surface area contributed by atoms with Crippen molar-refractivity contribution in [3.05, 3.63) is 47.0 Å². The molecule has 0 saturated carbocycles. The van der Waals surface area contributed by atoms with Gasteiger partial charge in [-0.15, -0.1) is 0 Å². The van der Waals surface area contributed by atoms with Gasteiger partial charge in [-0.05, 0) is 36.8 Å². The van der Waals surface area contributed by atoms with E-state index in [0.717, 1.165) is 28.0 Å². The molecule has 3 rings (SSSR count). The van der Waals surface area contributed by atoms with Crippen molar-refractivity contribution in [1.82, 2.24) is 9.97 Å². The molecule has 1 N–H and O–H groups in total. The smallest absolute Gasteiger partial charge is 0.142 e. The Hall–Kier alpha value is -2.00. The summed E-state index contributed by atoms with van der Waals surface area (Å²) in [5, 5.41) is 0.646. The number of para-hydroxylation sites is 1. The molecule has 0 bridgehead atoms. The van der Waals surface area contributed by atoms with Crippen LogP contribution < -0.4 is 4.74 Å². The van der Waals surface area contributed by atoms with Crippen LogP contribution in [0.4, 0.5) is 0 Å². The maximum atomic E-state index is 5.98. The van der Waals surface area contributed by atoms with Crippen LogP contribution in [0.15, 0.2) is 36.4 Å². The molecule has 2 aromatic carbocycles. The number of aromatic amines is 1. The third-order valence-corrected chi connectivity index (χ3v) is 3.37. The zero-order valence-electron chi connectivity index (χ0n) is 10.7. The second-order valence-electron chi connectivity index (χ2n) is 4.40. The number of nitrogens with one attached hydrogen (secondary N) is 1. The Bertz CT molecular complexity index is 749. The third-order valence-electron chi connectivity index (χ3n) is 3.13. The molecule has 0 amide bonds. The molecule has 3 aromatic rings. The summed E-state index contributed by atoms with van der Waals surface area (Å²) in [5.74, 6) is 1.50. The third kappa shape index (κ3) is 2.06. The molecular weight excluding hydrogens is 260 g/mol. The highest BCUT2D eigenvalue weighted by atomic mass is 35.5. The Balaban J connectivity index is 2.22. The van der Waals surface area contributed by atoms with Crippen molar-refractivity contribution in [2.24, 2.45) is 0 Å². The number of imidazole rings is 1. The number of aryl methyl sites for hydroxylation is 1. The number of H-pyrrole nitrogens is 1. The number of nitrogens with zero attached hydrogens (tertiary/aromatic N) is 1. The fourth-order valence-corrected chi connectivity index (χ4v) is 2.33. The monoisotopic (exact) mass is 272 g/mol. The van der Waals surface area contributed by atoms with E-state index >= 15 is 0 Å². The summed E-state index contributed by atoms with van der Waals surface area (Å²) < 4.78 is 5.36. The first-order valence-electron chi connectivity index (χ1n) is 5.98. The molecule has 0 aliphatic carbocycles. The van der Waals surface area contributed by atoms with Crippen molar-refractivity contribution in [3.63, 3.8) is 0 Å². The van der Waals surface area contributed by atoms with Crippen molar-refractivity contribution in [1.29, 1.82) is 0 Å². The van der Waals surface area contributed by atoms with E-state index in [9.17, 15) is 0 Å². The van der Waals surface area contributed by atoms with Gasteiger partial charge in [-0.1, -0.05) is 23.7 Å². The summed E-state index contributed by atoms with van der Waals surface area (Å²) in [5.41, 5.74) is 4.05. The van der Waals surface area contributed by atoms with E-state index in [4.69, 9.17) is 16.3 Å². The molecule has 1 aromatic heterocycles. The lowest BCUT2D eigenvalue weighted by molar-refractivity contribution is 0.416. The highest BCUT2D eigenvalue weighted by molar-refractivity contribution is 6.30. The summed E-state index contributed by atoms with van der Waals surface area (Å²) >= 11 is 5.98. The van der Waals surface area contributed by atoms with Gasteiger partial charge in [0, 0.05) is 5.02 Å². The molecule has 0 saturated heterocycles. The van der Waals surface area contributed by atoms with Gasteiger partial charge in [0.1, 0.15) is 11.6 Å². The van der Waals surface area contributed by atoms with E-state index < -0.39 is 0 Å². The van der Waals surface area contributed by atoms with E-state index in [-0.39, 0.29) is 0 Å². The molecule has 1 heterocycles. The fraction of sp³-hybridized carbons (Fsp3) is 0.133. The topological polar surface area (TPSA) is 37.9 Å². The van der Waals surface area contributed by atoms with Crippen LogP contribution in [-0.2, 0) is 0 Å². The Labute approximate surface area is 116 Å². The van der Waals surface area contributed by atoms with Crippen LogP contribution in [0, 0.1) is 6.92 Å². The van der Waals surface area contributed by atoms with Crippen LogP contribution in [0.1, 0.15) is 5.56 Å². The van der Waals surface area contributed by atoms with Gasteiger partial charge in [-0.3, -0.25) is 0 Å². The molecule has 0 fully saturated rings. The van der Waals surface area contributed by atoms with Crippen LogP contribution in [-0.4, -0.2) is 17.1 Å². The van der Waals surface area contributed by atoms with Crippen molar-refractivity contribution in [3.8, 4) is 17.1 Å². The summed E-state index contributed by atoms with van der Waals surface area (Å²) in [7, 11) is 1.63. The van der Waals surface area contributed by atoms with Gasteiger partial charge in [0.05, 0.1) is 23.7 Å². The number of ether oxygens (including phenoxy) is 1. The molecule has 19 heavy (non-hydrogen) atoms. The van der Waals surface area contributed by atoms with E-state index in [2.05, 4.69) is 9.97 Å². The molecule has 0 unspecified atom stereocenters. The number of halogens is 1. The number of benzene rings is 2. The van der Waals surface area contributed by atoms with Crippen LogP contribution in [0.3, 0.4) is 0 Å². The minimum absolute atomic E-state index is 0.646. The van der Waals surface area contributed by atoms with Gasteiger partial charge < -0.3 is 9.72 Å². The van der Waals surface area contributed by atoms with Crippen molar-refractivity contribution in [2.45, 2.75) is 6.92 Å². The predicted molar refractivity (Wildman–Crippen MR) is 77.8 cm³/mol. The number of methoxy groups -OCH3 is 1. The van der Waals surface area contributed by atoms with Gasteiger partial charge in [0.2, 0.25) is 0 Å². The molecule has 0 radical (unpaired) electrons. The van der Waals surface area contributed by atoms with Crippen molar-refractivity contribution in [2.75, 3.05) is 7.11 Å². The Kier molecular flexibility index (Phi) is 2.91. The van der Waals surface area contributed by atoms with Gasteiger partial charge in [0.15, 0.2) is 0 Å². The van der Waals surface area contributed by atoms with E-state index in [0.29, 0.717) is 10.8 Å². The van der Waals surface area contributed by atoms with Crippen molar-refractivity contribution < 1.29 is 4.74 Å². The van der Waals surface area contributed by atoms with Crippen LogP contribution in [0.25, 0.3) is 22.4 Å². The Morgan fingerprint density at radius 2 is 2.05 bits per heavy atom. The SMILES string of the molecule is COc1cc(Cl)ccc1-c1nc2c(C)cccc2[nH]1. The Morgan fingerprint density at radius 1 is 1.21 bits per heavy atom. The number of hydrogen-bond donors (Lipinski definition) is 1.